The number of nitrogens with zero attached hydrogens (tertiary/aromatic N) is 16. The van der Waals surface area contributed by atoms with E-state index in [2.05, 4.69) is 101 Å². The van der Waals surface area contributed by atoms with Crippen LogP contribution in [0.25, 0.3) is 89.2 Å². The number of carbonyl (C=O) groups is 1. The van der Waals surface area contributed by atoms with E-state index in [1.54, 1.807) is 111 Å². The smallest absolute Gasteiger partial charge is 0.355 e. The third kappa shape index (κ3) is 17.1. The van der Waals surface area contributed by atoms with Gasteiger partial charge in [0.1, 0.15) is 53.9 Å². The van der Waals surface area contributed by atoms with Crippen molar-refractivity contribution in [1.82, 2.24) is 80.1 Å². The summed E-state index contributed by atoms with van der Waals surface area (Å²) in [6, 6.07) is 39.8. The summed E-state index contributed by atoms with van der Waals surface area (Å²) in [6.07, 6.45) is 13.2. The van der Waals surface area contributed by atoms with Crippen LogP contribution < -0.4 is 26.6 Å². The molecule has 0 aliphatic rings. The zero-order valence-corrected chi connectivity index (χ0v) is 57.7. The van der Waals surface area contributed by atoms with Crippen molar-refractivity contribution in [2.45, 2.75) is 6.18 Å². The zero-order valence-electron chi connectivity index (χ0n) is 56.2. The van der Waals surface area contributed by atoms with E-state index in [9.17, 15) is 49.6 Å². The monoisotopic (exact) mass is 1520 g/mol. The van der Waals surface area contributed by atoms with Crippen LogP contribution in [0.1, 0.15) is 21.5 Å². The number of amides is 1. The van der Waals surface area contributed by atoms with E-state index >= 15 is 0 Å². The molecule has 0 unspecified atom stereocenters. The van der Waals surface area contributed by atoms with Crippen LogP contribution in [0.2, 0.25) is 10.0 Å². The van der Waals surface area contributed by atoms with Gasteiger partial charge in [-0.1, -0.05) is 23.2 Å². The standard InChI is InChI=1S/C21H15ClFN5O.C19H10ClFN6.C19H11F3N4.C18H10F4N6/c1-24-21(29)15-11-25-8-6-17(15)27-18-10-19(14-9-12(22)4-5-16(14)23)28-20-13(18)3-2-7-26-20;20-12-3-4-15(21)14(6-12)17-7-16(13-2-1-5-24-19(13)27-17)26-18-11(8-22)9-23-10-25-18;20-14-9-16(22)15(21)8-13(14)18-10-17(25-11-3-6-23-7-4-11)12-2-1-5-24-19(12)26-18;19-13-4-3-10(18(20,21)22)6-12(13)15-7-14(28-17-25-8-23-9-26-17)11-2-1-5-24-16(11)27-15/h2-11H,1H3,(H,24,29)(H,25,26,27,28);1-7,9-10H,(H,23,24,25,26,27);1-10H,(H,23,24,25,26);1-9H,(H,23,24,25,26,27,28). The number of hydrogen-bond donors (Lipinski definition) is 5. The lowest BCUT2D eigenvalue weighted by Gasteiger charge is -2.14. The van der Waals surface area contributed by atoms with Crippen molar-refractivity contribution in [1.29, 1.82) is 5.26 Å². The van der Waals surface area contributed by atoms with Gasteiger partial charge in [-0.05, 0) is 152 Å². The molecule has 0 aliphatic heterocycles. The number of carbonyl (C=O) groups excluding carboxylic acids is 1. The van der Waals surface area contributed by atoms with Gasteiger partial charge in [-0.15, -0.1) is 0 Å². The van der Waals surface area contributed by atoms with Crippen LogP contribution in [-0.2, 0) is 6.18 Å². The third-order valence-corrected chi connectivity index (χ3v) is 16.4. The molecule has 12 heterocycles. The van der Waals surface area contributed by atoms with Gasteiger partial charge in [0.25, 0.3) is 5.91 Å². The van der Waals surface area contributed by atoms with Crippen molar-refractivity contribution in [3.8, 4) is 51.1 Å². The fourth-order valence-corrected chi connectivity index (χ4v) is 11.2. The van der Waals surface area contributed by atoms with Gasteiger partial charge in [-0.25, -0.2) is 91.1 Å². The minimum Gasteiger partial charge on any atom is -0.355 e. The van der Waals surface area contributed by atoms with E-state index in [0.717, 1.165) is 29.3 Å². The molecule has 12 aromatic heterocycles. The van der Waals surface area contributed by atoms with Gasteiger partial charge in [0.2, 0.25) is 5.95 Å². The summed E-state index contributed by atoms with van der Waals surface area (Å²) in [5.74, 6) is -4.76. The molecule has 0 aliphatic carbocycles. The number of benzene rings is 4. The normalized spacial score (nSPS) is 10.9. The number of nitrogens with one attached hydrogen (secondary N) is 5. The molecule has 22 nitrogen and oxygen atoms in total. The maximum Gasteiger partial charge on any atom is 0.416 e. The first-order chi connectivity index (χ1) is 53.2. The Balaban J connectivity index is 0.000000129. The minimum absolute atomic E-state index is 0.00800. The van der Waals surface area contributed by atoms with E-state index in [-0.39, 0.29) is 56.7 Å². The highest BCUT2D eigenvalue weighted by atomic mass is 35.5. The molecule has 0 saturated heterocycles. The van der Waals surface area contributed by atoms with E-state index in [1.807, 2.05) is 24.3 Å². The Hall–Kier alpha value is -14.4. The topological polar surface area (TPSA) is 294 Å². The van der Waals surface area contributed by atoms with E-state index in [1.165, 1.54) is 80.0 Å². The third-order valence-electron chi connectivity index (χ3n) is 15.9. The Morgan fingerprint density at radius 1 is 0.409 bits per heavy atom. The van der Waals surface area contributed by atoms with Gasteiger partial charge in [-0.3, -0.25) is 14.8 Å². The van der Waals surface area contributed by atoms with Gasteiger partial charge in [0.05, 0.1) is 68.5 Å². The Morgan fingerprint density at radius 3 is 1.35 bits per heavy atom. The van der Waals surface area contributed by atoms with Crippen LogP contribution in [0.5, 0.6) is 0 Å². The Kier molecular flexibility index (Phi) is 22.1. The molecule has 0 radical (unpaired) electrons. The SMILES string of the molecule is CNC(=O)c1cnccc1Nc1cc(-c2cc(Cl)ccc2F)nc2ncccc12.Fc1cc(F)c(-c2cc(Nc3ccncc3)c3cccnc3n2)cc1F.Fc1ccc(C(F)(F)F)cc1-c1cc(Nc2ncncn2)c2cccnc2n1.N#Cc1cncnc1Nc1cc(-c2cc(Cl)ccc2F)nc2ncccc12. The molecule has 16 rings (SSSR count). The number of halogens is 11. The van der Waals surface area contributed by atoms with Crippen LogP contribution in [0.3, 0.4) is 0 Å². The van der Waals surface area contributed by atoms with Crippen LogP contribution in [0.15, 0.2) is 232 Å². The molecule has 0 bridgehead atoms. The number of aromatic nitrogens is 15. The quantitative estimate of drug-likeness (QED) is 0.0529. The van der Waals surface area contributed by atoms with Gasteiger partial charge in [0, 0.05) is 122 Å². The summed E-state index contributed by atoms with van der Waals surface area (Å²) in [4.78, 5) is 74.0. The van der Waals surface area contributed by atoms with Crippen LogP contribution in [-0.4, -0.2) is 87.7 Å². The average molecular weight is 1520 g/mol. The van der Waals surface area contributed by atoms with Gasteiger partial charge < -0.3 is 26.6 Å². The molecular weight excluding hydrogens is 1480 g/mol. The molecule has 0 atom stereocenters. The van der Waals surface area contributed by atoms with Crippen molar-refractivity contribution >= 4 is 119 Å². The van der Waals surface area contributed by atoms with Crippen molar-refractivity contribution < 1.29 is 44.3 Å². The Labute approximate surface area is 625 Å². The van der Waals surface area contributed by atoms with Gasteiger partial charge in [-0.2, -0.15) is 18.4 Å². The highest BCUT2D eigenvalue weighted by molar-refractivity contribution is 6.31. The Bertz CT molecular complexity index is 6180. The molecule has 542 valence electrons. The largest absolute Gasteiger partial charge is 0.416 e. The lowest BCUT2D eigenvalue weighted by molar-refractivity contribution is -0.137. The fraction of sp³-hybridized carbons (Fsp3) is 0.0260. The number of nitriles is 1. The van der Waals surface area contributed by atoms with Crippen LogP contribution in [0, 0.1) is 46.2 Å². The highest BCUT2D eigenvalue weighted by Crippen LogP contribution is 2.39. The second-order valence-corrected chi connectivity index (χ2v) is 23.9. The van der Waals surface area contributed by atoms with Crippen LogP contribution in [0.4, 0.5) is 85.4 Å². The zero-order chi connectivity index (χ0) is 77.0. The predicted molar refractivity (Wildman–Crippen MR) is 396 cm³/mol. The number of rotatable bonds is 13. The molecule has 110 heavy (non-hydrogen) atoms. The van der Waals surface area contributed by atoms with E-state index in [0.29, 0.717) is 106 Å². The second kappa shape index (κ2) is 33.0. The number of anilines is 8. The molecule has 16 aromatic rings. The summed E-state index contributed by atoms with van der Waals surface area (Å²) in [7, 11) is 1.55. The molecule has 1 amide bonds. The second-order valence-electron chi connectivity index (χ2n) is 23.0. The van der Waals surface area contributed by atoms with Crippen molar-refractivity contribution in [3.05, 3.63) is 294 Å². The first-order valence-electron chi connectivity index (χ1n) is 32.2. The number of alkyl halides is 3. The maximum absolute atomic E-state index is 14.4. The minimum atomic E-state index is -4.61. The summed E-state index contributed by atoms with van der Waals surface area (Å²) >= 11 is 12.1. The summed E-state index contributed by atoms with van der Waals surface area (Å²) in [5, 5.41) is 27.8. The van der Waals surface area contributed by atoms with Crippen molar-refractivity contribution in [2.24, 2.45) is 0 Å². The molecule has 0 saturated carbocycles. The first kappa shape index (κ1) is 73.9. The van der Waals surface area contributed by atoms with E-state index in [4.69, 9.17) is 23.2 Å². The van der Waals surface area contributed by atoms with Gasteiger partial charge in [0.15, 0.2) is 40.0 Å². The Morgan fingerprint density at radius 2 is 0.855 bits per heavy atom. The predicted octanol–water partition coefficient (Wildman–Crippen LogP) is 18.3. The van der Waals surface area contributed by atoms with Crippen molar-refractivity contribution in [2.75, 3.05) is 28.3 Å². The van der Waals surface area contributed by atoms with Gasteiger partial charge >= 0.3 is 6.18 Å². The lowest BCUT2D eigenvalue weighted by atomic mass is 10.0. The summed E-state index contributed by atoms with van der Waals surface area (Å²) in [6.45, 7) is 0. The summed E-state index contributed by atoms with van der Waals surface area (Å²) < 4.78 is 123. The highest BCUT2D eigenvalue weighted by Gasteiger charge is 2.32. The molecule has 0 spiro atoms. The first-order valence-corrected chi connectivity index (χ1v) is 32.9. The fourth-order valence-electron chi connectivity index (χ4n) is 10.8. The molecule has 33 heteroatoms. The summed E-state index contributed by atoms with van der Waals surface area (Å²) in [5.41, 5.74) is 5.58. The van der Waals surface area contributed by atoms with E-state index < -0.39 is 46.6 Å². The average Bonchev–Trinajstić information content (AvgIpc) is 0.800. The molecule has 4 aromatic carbocycles. The maximum atomic E-state index is 14.4. The number of pyridine rings is 10. The number of fused-ring (bicyclic) bond motifs is 4. The lowest BCUT2D eigenvalue weighted by Crippen LogP contribution is -2.19. The van der Waals surface area contributed by atoms with Crippen molar-refractivity contribution in [3.63, 3.8) is 0 Å². The molecule has 5 N–H and O–H groups in total. The molecule has 0 fully saturated rings. The number of hydrogen-bond acceptors (Lipinski definition) is 21. The molecular formula is C77H46Cl2F9N21O. The van der Waals surface area contributed by atoms with Crippen LogP contribution >= 0.6 is 23.2 Å².